The summed E-state index contributed by atoms with van der Waals surface area (Å²) in [5.41, 5.74) is 1.83. The summed E-state index contributed by atoms with van der Waals surface area (Å²) in [6.07, 6.45) is 5.61. The number of nitrogens with zero attached hydrogens (tertiary/aromatic N) is 4. The molecule has 0 aliphatic carbocycles. The van der Waals surface area contributed by atoms with Gasteiger partial charge in [-0.1, -0.05) is 32.9 Å². The summed E-state index contributed by atoms with van der Waals surface area (Å²) in [5.74, 6) is 1.21. The van der Waals surface area contributed by atoms with Gasteiger partial charge in [-0.25, -0.2) is 4.98 Å². The first-order valence-corrected chi connectivity index (χ1v) is 8.48. The minimum atomic E-state index is -0.0479. The molecular weight excluding hydrogens is 314 g/mol. The largest absolute Gasteiger partial charge is 0.352 e. The Kier molecular flexibility index (Phi) is 4.79. The van der Waals surface area contributed by atoms with Crippen LogP contribution in [0.4, 0.5) is 0 Å². The van der Waals surface area contributed by atoms with Crippen LogP contribution in [0.15, 0.2) is 42.7 Å². The summed E-state index contributed by atoms with van der Waals surface area (Å²) in [5, 5.41) is 11.2. The first kappa shape index (κ1) is 17.1. The summed E-state index contributed by atoms with van der Waals surface area (Å²) >= 11 is 0. The lowest BCUT2D eigenvalue weighted by molar-refractivity contribution is 0.0951. The van der Waals surface area contributed by atoms with Crippen LogP contribution in [0.3, 0.4) is 0 Å². The number of carbonyl (C=O) groups excluding carboxylic acids is 1. The number of amides is 1. The van der Waals surface area contributed by atoms with Crippen molar-refractivity contribution in [3.63, 3.8) is 0 Å². The number of hydrogen-bond donors (Lipinski definition) is 1. The Morgan fingerprint density at radius 2 is 1.92 bits per heavy atom. The predicted octanol–water partition coefficient (Wildman–Crippen LogP) is 3.35. The van der Waals surface area contributed by atoms with Crippen molar-refractivity contribution >= 4 is 11.7 Å². The van der Waals surface area contributed by atoms with Gasteiger partial charge in [0.2, 0.25) is 0 Å². The standard InChI is InChI=1S/C19H23N5O/c1-19(2,3)10-4-11-20-17(25)15-8-6-14(7-9-15)16-22-23-18-21-12-5-13-24(16)18/h5-9,12-13H,4,10-11H2,1-3H3,(H,20,25). The highest BCUT2D eigenvalue weighted by molar-refractivity contribution is 5.94. The van der Waals surface area contributed by atoms with Crippen LogP contribution in [-0.2, 0) is 0 Å². The van der Waals surface area contributed by atoms with Crippen molar-refractivity contribution in [1.82, 2.24) is 24.9 Å². The van der Waals surface area contributed by atoms with Crippen LogP contribution in [0.1, 0.15) is 44.0 Å². The van der Waals surface area contributed by atoms with Gasteiger partial charge in [0.25, 0.3) is 11.7 Å². The molecule has 0 aliphatic rings. The second kappa shape index (κ2) is 7.01. The smallest absolute Gasteiger partial charge is 0.255 e. The number of hydrogen-bond acceptors (Lipinski definition) is 4. The second-order valence-electron chi connectivity index (χ2n) is 7.31. The Bertz CT molecular complexity index is 861. The molecule has 2 heterocycles. The zero-order valence-electron chi connectivity index (χ0n) is 14.9. The average Bonchev–Trinajstić information content (AvgIpc) is 3.02. The average molecular weight is 337 g/mol. The highest BCUT2D eigenvalue weighted by Crippen LogP contribution is 2.20. The molecule has 1 aromatic carbocycles. The zero-order valence-corrected chi connectivity index (χ0v) is 14.9. The fourth-order valence-electron chi connectivity index (χ4n) is 2.63. The summed E-state index contributed by atoms with van der Waals surface area (Å²) in [4.78, 5) is 16.4. The molecule has 3 aromatic rings. The molecule has 1 amide bonds. The molecule has 0 atom stereocenters. The second-order valence-corrected chi connectivity index (χ2v) is 7.31. The lowest BCUT2D eigenvalue weighted by Gasteiger charge is -2.17. The third kappa shape index (κ3) is 4.21. The quantitative estimate of drug-likeness (QED) is 0.725. The minimum absolute atomic E-state index is 0.0479. The molecule has 25 heavy (non-hydrogen) atoms. The molecule has 0 bridgehead atoms. The monoisotopic (exact) mass is 337 g/mol. The van der Waals surface area contributed by atoms with Crippen molar-refractivity contribution in [2.45, 2.75) is 33.6 Å². The molecule has 3 rings (SSSR count). The number of aromatic nitrogens is 4. The molecule has 0 spiro atoms. The van der Waals surface area contributed by atoms with E-state index in [1.165, 1.54) is 0 Å². The molecule has 0 aliphatic heterocycles. The highest BCUT2D eigenvalue weighted by atomic mass is 16.1. The lowest BCUT2D eigenvalue weighted by atomic mass is 9.91. The Hall–Kier alpha value is -2.76. The van der Waals surface area contributed by atoms with E-state index < -0.39 is 0 Å². The molecule has 0 saturated heterocycles. The number of carbonyl (C=O) groups is 1. The van der Waals surface area contributed by atoms with Crippen LogP contribution >= 0.6 is 0 Å². The summed E-state index contributed by atoms with van der Waals surface area (Å²) in [6.45, 7) is 7.31. The zero-order chi connectivity index (χ0) is 17.9. The lowest BCUT2D eigenvalue weighted by Crippen LogP contribution is -2.25. The number of fused-ring (bicyclic) bond motifs is 1. The van der Waals surface area contributed by atoms with Crippen LogP contribution in [0.2, 0.25) is 0 Å². The van der Waals surface area contributed by atoms with E-state index in [-0.39, 0.29) is 5.91 Å². The maximum absolute atomic E-state index is 12.2. The molecule has 2 aromatic heterocycles. The molecule has 6 nitrogen and oxygen atoms in total. The van der Waals surface area contributed by atoms with Crippen LogP contribution < -0.4 is 5.32 Å². The Morgan fingerprint density at radius 3 is 2.64 bits per heavy atom. The summed E-state index contributed by atoms with van der Waals surface area (Å²) < 4.78 is 1.82. The molecular formula is C19H23N5O. The van der Waals surface area contributed by atoms with Gasteiger partial charge in [0.05, 0.1) is 0 Å². The van der Waals surface area contributed by atoms with Gasteiger partial charge in [0.1, 0.15) is 0 Å². The van der Waals surface area contributed by atoms with E-state index in [1.807, 2.05) is 40.9 Å². The first-order chi connectivity index (χ1) is 11.9. The van der Waals surface area contributed by atoms with E-state index >= 15 is 0 Å². The van der Waals surface area contributed by atoms with Gasteiger partial charge in [-0.15, -0.1) is 10.2 Å². The Balaban J connectivity index is 1.65. The van der Waals surface area contributed by atoms with E-state index in [1.54, 1.807) is 6.20 Å². The van der Waals surface area contributed by atoms with Crippen molar-refractivity contribution in [1.29, 1.82) is 0 Å². The van der Waals surface area contributed by atoms with Crippen molar-refractivity contribution in [2.75, 3.05) is 6.54 Å². The number of benzene rings is 1. The SMILES string of the molecule is CC(C)(C)CCCNC(=O)c1ccc(-c2nnc3ncccn23)cc1. The Labute approximate surface area is 147 Å². The predicted molar refractivity (Wildman–Crippen MR) is 97.2 cm³/mol. The summed E-state index contributed by atoms with van der Waals surface area (Å²) in [7, 11) is 0. The Morgan fingerprint density at radius 1 is 1.16 bits per heavy atom. The van der Waals surface area contributed by atoms with Gasteiger partial charge in [0, 0.05) is 30.1 Å². The third-order valence-electron chi connectivity index (χ3n) is 3.98. The van der Waals surface area contributed by atoms with E-state index in [0.29, 0.717) is 29.1 Å². The summed E-state index contributed by atoms with van der Waals surface area (Å²) in [6, 6.07) is 9.22. The van der Waals surface area contributed by atoms with Crippen molar-refractivity contribution in [3.8, 4) is 11.4 Å². The van der Waals surface area contributed by atoms with Crippen LogP contribution in [0.25, 0.3) is 17.2 Å². The molecule has 0 unspecified atom stereocenters. The topological polar surface area (TPSA) is 72.2 Å². The normalized spacial score (nSPS) is 11.6. The van der Waals surface area contributed by atoms with E-state index in [2.05, 4.69) is 41.3 Å². The number of nitrogens with one attached hydrogen (secondary N) is 1. The van der Waals surface area contributed by atoms with E-state index in [9.17, 15) is 4.79 Å². The van der Waals surface area contributed by atoms with Gasteiger partial charge in [-0.05, 0) is 36.5 Å². The maximum atomic E-state index is 12.2. The van der Waals surface area contributed by atoms with Gasteiger partial charge in [-0.2, -0.15) is 0 Å². The van der Waals surface area contributed by atoms with Crippen LogP contribution in [0, 0.1) is 5.41 Å². The van der Waals surface area contributed by atoms with Crippen molar-refractivity contribution < 1.29 is 4.79 Å². The first-order valence-electron chi connectivity index (χ1n) is 8.48. The van der Waals surface area contributed by atoms with E-state index in [4.69, 9.17) is 0 Å². The molecule has 1 N–H and O–H groups in total. The van der Waals surface area contributed by atoms with Crippen LogP contribution in [0.5, 0.6) is 0 Å². The van der Waals surface area contributed by atoms with Crippen molar-refractivity contribution in [2.24, 2.45) is 5.41 Å². The van der Waals surface area contributed by atoms with Gasteiger partial charge in [-0.3, -0.25) is 9.20 Å². The fraction of sp³-hybridized carbons (Fsp3) is 0.368. The molecule has 0 saturated carbocycles. The van der Waals surface area contributed by atoms with E-state index in [0.717, 1.165) is 18.4 Å². The highest BCUT2D eigenvalue weighted by Gasteiger charge is 2.12. The number of rotatable bonds is 5. The van der Waals surface area contributed by atoms with Crippen molar-refractivity contribution in [3.05, 3.63) is 48.3 Å². The third-order valence-corrected chi connectivity index (χ3v) is 3.98. The van der Waals surface area contributed by atoms with Gasteiger partial charge < -0.3 is 5.32 Å². The fourth-order valence-corrected chi connectivity index (χ4v) is 2.63. The van der Waals surface area contributed by atoms with Gasteiger partial charge in [0.15, 0.2) is 5.82 Å². The minimum Gasteiger partial charge on any atom is -0.352 e. The molecule has 0 fully saturated rings. The molecule has 130 valence electrons. The molecule has 6 heteroatoms. The van der Waals surface area contributed by atoms with Crippen LogP contribution in [-0.4, -0.2) is 32.0 Å². The van der Waals surface area contributed by atoms with Gasteiger partial charge >= 0.3 is 0 Å². The molecule has 0 radical (unpaired) electrons. The maximum Gasteiger partial charge on any atom is 0.255 e.